The van der Waals surface area contributed by atoms with Crippen LogP contribution in [0.15, 0.2) is 58.7 Å². The number of rotatable bonds is 11. The van der Waals surface area contributed by atoms with Crippen LogP contribution in [-0.4, -0.2) is 92.0 Å². The van der Waals surface area contributed by atoms with E-state index in [1.54, 1.807) is 0 Å². The highest BCUT2D eigenvalue weighted by Gasteiger charge is 2.29. The maximum atomic E-state index is 12.8. The number of hydrogen-bond acceptors (Lipinski definition) is 9. The van der Waals surface area contributed by atoms with E-state index in [-0.39, 0.29) is 24.3 Å². The van der Waals surface area contributed by atoms with Crippen molar-refractivity contribution in [2.45, 2.75) is 42.7 Å². The fraction of sp³-hybridized carbons (Fsp3) is 0.433. The van der Waals surface area contributed by atoms with Gasteiger partial charge in [0, 0.05) is 48.2 Å². The molecule has 1 atom stereocenters. The molecule has 2 saturated heterocycles. The van der Waals surface area contributed by atoms with Crippen molar-refractivity contribution in [3.8, 4) is 0 Å². The van der Waals surface area contributed by atoms with E-state index in [1.807, 2.05) is 60.0 Å². The second kappa shape index (κ2) is 13.6. The number of hydrogen-bond donors (Lipinski definition) is 4. The number of benzene rings is 1. The number of carbonyl (C=O) groups excluding carboxylic acids is 2. The monoisotopic (exact) mass is 602 g/mol. The molecule has 2 amide bonds. The molecule has 3 aromatic heterocycles. The van der Waals surface area contributed by atoms with Crippen LogP contribution in [0.1, 0.15) is 31.4 Å². The minimum atomic E-state index is -0.0853. The van der Waals surface area contributed by atoms with Gasteiger partial charge in [-0.25, -0.2) is 4.98 Å². The number of aryl methyl sites for hydroxylation is 1. The fourth-order valence-electron chi connectivity index (χ4n) is 5.61. The van der Waals surface area contributed by atoms with Gasteiger partial charge in [-0.2, -0.15) is 10.1 Å². The lowest BCUT2D eigenvalue weighted by Gasteiger charge is -2.26. The zero-order valence-corrected chi connectivity index (χ0v) is 25.2. The first kappa shape index (κ1) is 29.1. The van der Waals surface area contributed by atoms with Crippen LogP contribution in [0.3, 0.4) is 0 Å². The third-order valence-electron chi connectivity index (χ3n) is 7.85. The first-order valence-corrected chi connectivity index (χ1v) is 15.7. The molecule has 0 bridgehead atoms. The number of aromatic amines is 1. The van der Waals surface area contributed by atoms with Crippen molar-refractivity contribution in [2.24, 2.45) is 5.92 Å². The number of fused-ring (bicyclic) bond motifs is 1. The lowest BCUT2D eigenvalue weighted by Crippen LogP contribution is -2.40. The van der Waals surface area contributed by atoms with Gasteiger partial charge in [-0.3, -0.25) is 24.0 Å². The summed E-state index contributed by atoms with van der Waals surface area (Å²) in [6.07, 6.45) is 6.50. The van der Waals surface area contributed by atoms with E-state index in [1.165, 1.54) is 31.0 Å². The number of amides is 2. The summed E-state index contributed by atoms with van der Waals surface area (Å²) in [6.45, 7) is 7.45. The molecule has 1 aromatic carbocycles. The predicted octanol–water partition coefficient (Wildman–Crippen LogP) is 3.52. The molecule has 12 nitrogen and oxygen atoms in total. The molecule has 5 heterocycles. The molecule has 4 N–H and O–H groups in total. The van der Waals surface area contributed by atoms with Crippen LogP contribution in [0.5, 0.6) is 0 Å². The summed E-state index contributed by atoms with van der Waals surface area (Å²) < 4.78 is 1.87. The van der Waals surface area contributed by atoms with E-state index in [2.05, 4.69) is 40.9 Å². The predicted molar refractivity (Wildman–Crippen MR) is 167 cm³/mol. The molecule has 0 saturated carbocycles. The molecule has 0 radical (unpaired) electrons. The number of H-pyrrole nitrogens is 1. The highest BCUT2D eigenvalue weighted by atomic mass is 32.2. The summed E-state index contributed by atoms with van der Waals surface area (Å²) in [6, 6.07) is 13.4. The zero-order valence-electron chi connectivity index (χ0n) is 24.4. The first-order valence-electron chi connectivity index (χ1n) is 14.9. The summed E-state index contributed by atoms with van der Waals surface area (Å²) in [5.74, 6) is 1.26. The molecule has 2 aliphatic heterocycles. The van der Waals surface area contributed by atoms with Gasteiger partial charge in [0.05, 0.1) is 12.5 Å². The molecule has 0 spiro atoms. The van der Waals surface area contributed by atoms with Crippen molar-refractivity contribution in [1.29, 1.82) is 0 Å². The van der Waals surface area contributed by atoms with Crippen LogP contribution >= 0.6 is 11.8 Å². The summed E-state index contributed by atoms with van der Waals surface area (Å²) in [5.41, 5.74) is 2.45. The molecule has 13 heteroatoms. The van der Waals surface area contributed by atoms with Crippen molar-refractivity contribution < 1.29 is 9.59 Å². The minimum Gasteiger partial charge on any atom is -0.355 e. The van der Waals surface area contributed by atoms with Crippen molar-refractivity contribution in [2.75, 3.05) is 56.4 Å². The summed E-state index contributed by atoms with van der Waals surface area (Å²) >= 11 is 1.44. The van der Waals surface area contributed by atoms with E-state index < -0.39 is 0 Å². The molecule has 2 fully saturated rings. The lowest BCUT2D eigenvalue weighted by atomic mass is 10.1. The molecule has 43 heavy (non-hydrogen) atoms. The lowest BCUT2D eigenvalue weighted by molar-refractivity contribution is -0.125. The third kappa shape index (κ3) is 7.72. The van der Waals surface area contributed by atoms with E-state index >= 15 is 0 Å². The second-order valence-corrected chi connectivity index (χ2v) is 12.3. The average Bonchev–Trinajstić information content (AvgIpc) is 3.76. The Labute approximate surface area is 255 Å². The molecular formula is C30H38N10O2S. The van der Waals surface area contributed by atoms with Crippen LogP contribution in [0.4, 0.5) is 17.5 Å². The Bertz CT molecular complexity index is 1550. The van der Waals surface area contributed by atoms with Crippen LogP contribution in [-0.2, 0) is 9.59 Å². The number of likely N-dealkylation sites (tertiary alicyclic amines) is 2. The van der Waals surface area contributed by atoms with E-state index in [9.17, 15) is 9.59 Å². The van der Waals surface area contributed by atoms with Gasteiger partial charge in [0.2, 0.25) is 17.8 Å². The van der Waals surface area contributed by atoms with Gasteiger partial charge in [-0.15, -0.1) is 0 Å². The number of nitrogens with one attached hydrogen (secondary N) is 4. The third-order valence-corrected chi connectivity index (χ3v) is 8.72. The van der Waals surface area contributed by atoms with Gasteiger partial charge in [0.15, 0.2) is 11.0 Å². The summed E-state index contributed by atoms with van der Waals surface area (Å²) in [4.78, 5) is 40.2. The number of piperidine rings is 1. The number of aromatic nitrogens is 5. The van der Waals surface area contributed by atoms with Crippen molar-refractivity contribution in [3.05, 3.63) is 54.4 Å². The maximum absolute atomic E-state index is 12.8. The normalized spacial score (nSPS) is 17.7. The molecule has 6 rings (SSSR count). The Morgan fingerprint density at radius 1 is 1.05 bits per heavy atom. The van der Waals surface area contributed by atoms with E-state index in [4.69, 9.17) is 4.98 Å². The van der Waals surface area contributed by atoms with Crippen LogP contribution in [0.2, 0.25) is 0 Å². The van der Waals surface area contributed by atoms with E-state index in [0.717, 1.165) is 54.5 Å². The van der Waals surface area contributed by atoms with E-state index in [0.29, 0.717) is 30.0 Å². The first-order chi connectivity index (χ1) is 21.0. The maximum Gasteiger partial charge on any atom is 0.238 e. The van der Waals surface area contributed by atoms with Gasteiger partial charge >= 0.3 is 0 Å². The minimum absolute atomic E-state index is 0.0576. The Balaban J connectivity index is 0.971. The van der Waals surface area contributed by atoms with Crippen LogP contribution in [0.25, 0.3) is 5.65 Å². The zero-order chi connectivity index (χ0) is 29.6. The second-order valence-electron chi connectivity index (χ2n) is 11.2. The fourth-order valence-corrected chi connectivity index (χ4v) is 6.36. The molecular weight excluding hydrogens is 564 g/mol. The van der Waals surface area contributed by atoms with Crippen LogP contribution in [0, 0.1) is 12.8 Å². The Morgan fingerprint density at radius 2 is 1.88 bits per heavy atom. The van der Waals surface area contributed by atoms with Gasteiger partial charge in [0.1, 0.15) is 5.65 Å². The smallest absolute Gasteiger partial charge is 0.238 e. The molecule has 4 aromatic rings. The van der Waals surface area contributed by atoms with Crippen molar-refractivity contribution >= 4 is 46.7 Å². The number of anilines is 3. The van der Waals surface area contributed by atoms with Gasteiger partial charge < -0.3 is 20.9 Å². The largest absolute Gasteiger partial charge is 0.355 e. The van der Waals surface area contributed by atoms with Gasteiger partial charge in [0.25, 0.3) is 0 Å². The Kier molecular flexibility index (Phi) is 9.20. The Morgan fingerprint density at radius 3 is 2.67 bits per heavy atom. The summed E-state index contributed by atoms with van der Waals surface area (Å²) in [7, 11) is 0. The standard InChI is InChI=1S/C30H38N10O2S/c1-21-18-25(37-36-21)33-29-35-30(34-26-6-5-15-40(26)29)43-24-9-7-23(8-10-24)32-27(41)20-39-16-11-22(19-39)28(42)31-12-17-38-13-3-2-4-14-38/h5-10,15,18,22H,2-4,11-14,16-17,19-20H2,1H3,(H,31,42)(H,32,41)(H2,33,34,35,36,37)/t22-/m1/s1. The molecule has 226 valence electrons. The van der Waals surface area contributed by atoms with Gasteiger partial charge in [-0.05, 0) is 94.0 Å². The van der Waals surface area contributed by atoms with Crippen LogP contribution < -0.4 is 16.0 Å². The SMILES string of the molecule is Cc1cc(Nc2nc(Sc3ccc(NC(=O)CN4CC[C@@H](C(=O)NCCN5CCCCC5)C4)cc3)nc3cccn23)n[nH]1. The van der Waals surface area contributed by atoms with Gasteiger partial charge in [-0.1, -0.05) is 6.42 Å². The number of carbonyl (C=O) groups is 2. The quantitative estimate of drug-likeness (QED) is 0.203. The topological polar surface area (TPSA) is 136 Å². The molecule has 0 aliphatic carbocycles. The highest BCUT2D eigenvalue weighted by Crippen LogP contribution is 2.28. The Hall–Kier alpha value is -3.94. The summed E-state index contributed by atoms with van der Waals surface area (Å²) in [5, 5.41) is 17.1. The number of nitrogens with zero attached hydrogens (tertiary/aromatic N) is 6. The van der Waals surface area contributed by atoms with Crippen molar-refractivity contribution in [3.63, 3.8) is 0 Å². The molecule has 0 unspecified atom stereocenters. The average molecular weight is 603 g/mol. The van der Waals surface area contributed by atoms with Crippen molar-refractivity contribution in [1.82, 2.24) is 39.7 Å². The molecule has 2 aliphatic rings. The highest BCUT2D eigenvalue weighted by molar-refractivity contribution is 7.99.